The van der Waals surface area contributed by atoms with Crippen LogP contribution < -0.4 is 10.6 Å². The van der Waals surface area contributed by atoms with Gasteiger partial charge >= 0.3 is 0 Å². The highest BCUT2D eigenvalue weighted by atomic mass is 16.3. The van der Waals surface area contributed by atoms with Crippen LogP contribution in [0.1, 0.15) is 61.9 Å². The molecule has 2 N–H and O–H groups in total. The first-order valence-corrected chi connectivity index (χ1v) is 10.0. The van der Waals surface area contributed by atoms with Crippen LogP contribution >= 0.6 is 0 Å². The Hall–Kier alpha value is -2.31. The average molecular weight is 375 g/mol. The highest BCUT2D eigenvalue weighted by Crippen LogP contribution is 2.26. The van der Waals surface area contributed by atoms with E-state index in [4.69, 9.17) is 4.42 Å². The Morgan fingerprint density at radius 2 is 1.81 bits per heavy atom. The second-order valence-electron chi connectivity index (χ2n) is 7.49. The van der Waals surface area contributed by atoms with Gasteiger partial charge in [0.1, 0.15) is 0 Å². The molecule has 1 saturated carbocycles. The lowest BCUT2D eigenvalue weighted by molar-refractivity contribution is -0.137. The maximum absolute atomic E-state index is 12.6. The lowest BCUT2D eigenvalue weighted by Gasteiger charge is -2.35. The van der Waals surface area contributed by atoms with Crippen molar-refractivity contribution in [1.29, 1.82) is 0 Å². The van der Waals surface area contributed by atoms with Crippen LogP contribution in [0.2, 0.25) is 0 Å². The van der Waals surface area contributed by atoms with Gasteiger partial charge in [0.2, 0.25) is 11.8 Å². The Balaban J connectivity index is 1.32. The number of furan rings is 1. The zero-order chi connectivity index (χ0) is 19.1. The van der Waals surface area contributed by atoms with Crippen molar-refractivity contribution in [2.24, 2.45) is 5.92 Å². The fourth-order valence-corrected chi connectivity index (χ4v) is 3.94. The number of hydrogen-bond acceptors (Lipinski definition) is 4. The lowest BCUT2D eigenvalue weighted by atomic mass is 9.87. The third-order valence-corrected chi connectivity index (χ3v) is 5.51. The second-order valence-corrected chi connectivity index (χ2v) is 7.49. The van der Waals surface area contributed by atoms with Gasteiger partial charge in [0.25, 0.3) is 5.91 Å². The predicted octanol–water partition coefficient (Wildman–Crippen LogP) is 2.09. The number of nitrogens with zero attached hydrogens (tertiary/aromatic N) is 1. The summed E-state index contributed by atoms with van der Waals surface area (Å²) in [6.45, 7) is 1.70. The molecule has 1 aliphatic heterocycles. The summed E-state index contributed by atoms with van der Waals surface area (Å²) < 4.78 is 5.00. The third-order valence-electron chi connectivity index (χ3n) is 5.51. The first kappa shape index (κ1) is 19.5. The first-order chi connectivity index (χ1) is 13.1. The predicted molar refractivity (Wildman–Crippen MR) is 100.0 cm³/mol. The highest BCUT2D eigenvalue weighted by Gasteiger charge is 2.29. The Kier molecular flexibility index (Phi) is 6.90. The topological polar surface area (TPSA) is 91.7 Å². The van der Waals surface area contributed by atoms with E-state index in [9.17, 15) is 14.4 Å². The van der Waals surface area contributed by atoms with Crippen molar-refractivity contribution in [3.05, 3.63) is 24.2 Å². The van der Waals surface area contributed by atoms with Crippen LogP contribution in [-0.4, -0.2) is 48.3 Å². The molecule has 148 valence electrons. The maximum Gasteiger partial charge on any atom is 0.286 e. The number of amides is 3. The quantitative estimate of drug-likeness (QED) is 0.796. The summed E-state index contributed by atoms with van der Waals surface area (Å²) in [4.78, 5) is 38.4. The number of carbonyl (C=O) groups is 3. The Morgan fingerprint density at radius 1 is 1.07 bits per heavy atom. The summed E-state index contributed by atoms with van der Waals surface area (Å²) >= 11 is 0. The minimum atomic E-state index is -0.317. The summed E-state index contributed by atoms with van der Waals surface area (Å²) in [7, 11) is 0. The second kappa shape index (κ2) is 9.58. The molecule has 0 atom stereocenters. The molecule has 1 saturated heterocycles. The van der Waals surface area contributed by atoms with Gasteiger partial charge in [0.05, 0.1) is 6.26 Å². The molecule has 0 spiro atoms. The normalized spacial score (nSPS) is 18.9. The van der Waals surface area contributed by atoms with Crippen LogP contribution in [0, 0.1) is 5.92 Å². The van der Waals surface area contributed by atoms with Crippen molar-refractivity contribution in [2.45, 2.75) is 57.4 Å². The van der Waals surface area contributed by atoms with Gasteiger partial charge in [-0.05, 0) is 37.8 Å². The van der Waals surface area contributed by atoms with E-state index in [1.807, 2.05) is 4.90 Å². The monoisotopic (exact) mass is 375 g/mol. The van der Waals surface area contributed by atoms with Crippen LogP contribution in [0.5, 0.6) is 0 Å². The molecule has 3 rings (SSSR count). The zero-order valence-corrected chi connectivity index (χ0v) is 15.7. The van der Waals surface area contributed by atoms with E-state index in [0.717, 1.165) is 38.8 Å². The van der Waals surface area contributed by atoms with Crippen LogP contribution in [0.25, 0.3) is 0 Å². The first-order valence-electron chi connectivity index (χ1n) is 10.0. The standard InChI is InChI=1S/C20H29N3O4/c24-18(8-11-21-19(25)17-7-4-14-27-17)22-16-9-12-23(13-10-16)20(26)15-5-2-1-3-6-15/h4,7,14-16H,1-3,5-6,8-13H2,(H,21,25)(H,22,24). The number of hydrogen-bond donors (Lipinski definition) is 2. The van der Waals surface area contributed by atoms with Gasteiger partial charge in [-0.25, -0.2) is 0 Å². The van der Waals surface area contributed by atoms with E-state index in [1.54, 1.807) is 12.1 Å². The summed E-state index contributed by atoms with van der Waals surface area (Å²) in [5, 5.41) is 5.68. The van der Waals surface area contributed by atoms with Crippen molar-refractivity contribution >= 4 is 17.7 Å². The van der Waals surface area contributed by atoms with Crippen molar-refractivity contribution in [3.8, 4) is 0 Å². The number of carbonyl (C=O) groups excluding carboxylic acids is 3. The van der Waals surface area contributed by atoms with Gasteiger partial charge in [0.15, 0.2) is 5.76 Å². The zero-order valence-electron chi connectivity index (χ0n) is 15.7. The van der Waals surface area contributed by atoms with Crippen LogP contribution in [-0.2, 0) is 9.59 Å². The van der Waals surface area contributed by atoms with Gasteiger partial charge in [0, 0.05) is 38.0 Å². The fourth-order valence-electron chi connectivity index (χ4n) is 3.94. The van der Waals surface area contributed by atoms with Gasteiger partial charge in [-0.2, -0.15) is 0 Å². The molecular weight excluding hydrogens is 346 g/mol. The number of likely N-dealkylation sites (tertiary alicyclic amines) is 1. The summed E-state index contributed by atoms with van der Waals surface area (Å²) in [5.41, 5.74) is 0. The average Bonchev–Trinajstić information content (AvgIpc) is 3.23. The molecule has 7 nitrogen and oxygen atoms in total. The molecule has 0 unspecified atom stereocenters. The minimum absolute atomic E-state index is 0.0770. The smallest absolute Gasteiger partial charge is 0.286 e. The molecule has 1 aromatic rings. The van der Waals surface area contributed by atoms with E-state index in [0.29, 0.717) is 5.91 Å². The van der Waals surface area contributed by atoms with Crippen LogP contribution in [0.15, 0.2) is 22.8 Å². The minimum Gasteiger partial charge on any atom is -0.459 e. The molecule has 0 radical (unpaired) electrons. The lowest BCUT2D eigenvalue weighted by Crippen LogP contribution is -2.48. The SMILES string of the molecule is O=C(CCNC(=O)c1ccco1)NC1CCN(C(=O)C2CCCCC2)CC1. The van der Waals surface area contributed by atoms with Gasteiger partial charge in [-0.1, -0.05) is 19.3 Å². The molecule has 0 aromatic carbocycles. The molecular formula is C20H29N3O4. The highest BCUT2D eigenvalue weighted by molar-refractivity contribution is 5.91. The van der Waals surface area contributed by atoms with E-state index in [2.05, 4.69) is 10.6 Å². The molecule has 7 heteroatoms. The molecule has 0 bridgehead atoms. The molecule has 3 amide bonds. The van der Waals surface area contributed by atoms with Crippen LogP contribution in [0.4, 0.5) is 0 Å². The largest absolute Gasteiger partial charge is 0.459 e. The van der Waals surface area contributed by atoms with E-state index in [1.165, 1.54) is 25.5 Å². The van der Waals surface area contributed by atoms with E-state index < -0.39 is 0 Å². The Morgan fingerprint density at radius 3 is 2.48 bits per heavy atom. The molecule has 27 heavy (non-hydrogen) atoms. The summed E-state index contributed by atoms with van der Waals surface area (Å²) in [6.07, 6.45) is 8.89. The Labute approximate surface area is 159 Å². The van der Waals surface area contributed by atoms with Gasteiger partial charge in [-0.3, -0.25) is 14.4 Å². The van der Waals surface area contributed by atoms with E-state index in [-0.39, 0.29) is 42.5 Å². The van der Waals surface area contributed by atoms with Crippen molar-refractivity contribution < 1.29 is 18.8 Å². The van der Waals surface area contributed by atoms with Crippen LogP contribution in [0.3, 0.4) is 0 Å². The van der Waals surface area contributed by atoms with Gasteiger partial charge in [-0.15, -0.1) is 0 Å². The molecule has 2 heterocycles. The van der Waals surface area contributed by atoms with Crippen molar-refractivity contribution in [1.82, 2.24) is 15.5 Å². The summed E-state index contributed by atoms with van der Waals surface area (Å²) in [5.74, 6) is 0.363. The Bertz CT molecular complexity index is 630. The molecule has 1 aliphatic carbocycles. The number of rotatable bonds is 6. The third kappa shape index (κ3) is 5.58. The maximum atomic E-state index is 12.6. The van der Waals surface area contributed by atoms with Gasteiger partial charge < -0.3 is 20.0 Å². The fraction of sp³-hybridized carbons (Fsp3) is 0.650. The molecule has 1 aromatic heterocycles. The van der Waals surface area contributed by atoms with Crippen molar-refractivity contribution in [3.63, 3.8) is 0 Å². The number of piperidine rings is 1. The summed E-state index contributed by atoms with van der Waals surface area (Å²) in [6, 6.07) is 3.33. The van der Waals surface area contributed by atoms with Crippen molar-refractivity contribution in [2.75, 3.05) is 19.6 Å². The van der Waals surface area contributed by atoms with E-state index >= 15 is 0 Å². The molecule has 2 aliphatic rings. The number of nitrogens with one attached hydrogen (secondary N) is 2. The molecule has 2 fully saturated rings.